The SMILES string of the molecule is O=C(CCCCCC(=O)NN=Cc1cc(Br)ccc1OCc1ccccc1)NN=Cc1cc(Br)ccc1OCc1ccccc1. The highest BCUT2D eigenvalue weighted by atomic mass is 79.9. The van der Waals surface area contributed by atoms with Gasteiger partial charge >= 0.3 is 0 Å². The van der Waals surface area contributed by atoms with E-state index in [1.165, 1.54) is 0 Å². The van der Waals surface area contributed by atoms with E-state index in [0.717, 1.165) is 37.6 Å². The Morgan fingerprint density at radius 2 is 1.02 bits per heavy atom. The van der Waals surface area contributed by atoms with Crippen molar-refractivity contribution in [2.75, 3.05) is 0 Å². The molecule has 0 radical (unpaired) electrons. The average molecular weight is 734 g/mol. The van der Waals surface area contributed by atoms with Crippen LogP contribution in [0, 0.1) is 0 Å². The van der Waals surface area contributed by atoms with Crippen molar-refractivity contribution >= 4 is 56.1 Å². The fraction of sp³-hybridized carbons (Fsp3) is 0.200. The van der Waals surface area contributed by atoms with Gasteiger partial charge in [0, 0.05) is 32.9 Å². The Morgan fingerprint density at radius 1 is 0.600 bits per heavy atom. The minimum absolute atomic E-state index is 0.193. The number of carbonyl (C=O) groups is 2. The number of benzene rings is 4. The second kappa shape index (κ2) is 18.5. The molecule has 0 saturated heterocycles. The number of unbranched alkanes of at least 4 members (excludes halogenated alkanes) is 2. The molecule has 2 amide bonds. The maximum atomic E-state index is 12.3. The van der Waals surface area contributed by atoms with Crippen LogP contribution in [0.15, 0.2) is 116 Å². The number of nitrogens with zero attached hydrogens (tertiary/aromatic N) is 2. The number of amides is 2. The third kappa shape index (κ3) is 12.3. The molecule has 0 atom stereocenters. The van der Waals surface area contributed by atoms with Crippen LogP contribution in [-0.4, -0.2) is 24.2 Å². The van der Waals surface area contributed by atoms with E-state index in [9.17, 15) is 9.59 Å². The Kier molecular flexibility index (Phi) is 13.8. The molecule has 0 unspecified atom stereocenters. The van der Waals surface area contributed by atoms with Crippen molar-refractivity contribution in [1.82, 2.24) is 10.9 Å². The van der Waals surface area contributed by atoms with Gasteiger partial charge in [0.05, 0.1) is 12.4 Å². The lowest BCUT2D eigenvalue weighted by Gasteiger charge is -2.10. The molecule has 0 saturated carbocycles. The van der Waals surface area contributed by atoms with Crippen molar-refractivity contribution in [1.29, 1.82) is 0 Å². The summed E-state index contributed by atoms with van der Waals surface area (Å²) in [5.41, 5.74) is 8.73. The molecule has 0 bridgehead atoms. The van der Waals surface area contributed by atoms with Gasteiger partial charge in [0.1, 0.15) is 24.7 Å². The number of rotatable bonds is 16. The first-order chi connectivity index (χ1) is 22.0. The van der Waals surface area contributed by atoms with Crippen molar-refractivity contribution < 1.29 is 19.1 Å². The van der Waals surface area contributed by atoms with Gasteiger partial charge in [-0.3, -0.25) is 9.59 Å². The van der Waals surface area contributed by atoms with Gasteiger partial charge < -0.3 is 9.47 Å². The van der Waals surface area contributed by atoms with Gasteiger partial charge in [0.2, 0.25) is 11.8 Å². The molecule has 2 N–H and O–H groups in total. The summed E-state index contributed by atoms with van der Waals surface area (Å²) in [6, 6.07) is 31.0. The molecule has 232 valence electrons. The van der Waals surface area contributed by atoms with Crippen LogP contribution in [0.1, 0.15) is 54.4 Å². The average Bonchev–Trinajstić information content (AvgIpc) is 3.05. The van der Waals surface area contributed by atoms with E-state index in [4.69, 9.17) is 9.47 Å². The molecule has 0 aromatic heterocycles. The van der Waals surface area contributed by atoms with Crippen LogP contribution in [0.5, 0.6) is 11.5 Å². The number of hydrogen-bond acceptors (Lipinski definition) is 6. The summed E-state index contributed by atoms with van der Waals surface area (Å²) in [7, 11) is 0. The molecule has 8 nitrogen and oxygen atoms in total. The van der Waals surface area contributed by atoms with E-state index in [-0.39, 0.29) is 11.8 Å². The zero-order chi connectivity index (χ0) is 31.7. The molecule has 4 aromatic rings. The first-order valence-corrected chi connectivity index (χ1v) is 16.1. The summed E-state index contributed by atoms with van der Waals surface area (Å²) < 4.78 is 13.7. The molecule has 0 aliphatic rings. The van der Waals surface area contributed by atoms with Crippen molar-refractivity contribution in [3.8, 4) is 11.5 Å². The van der Waals surface area contributed by atoms with Gasteiger partial charge in [-0.15, -0.1) is 0 Å². The summed E-state index contributed by atoms with van der Waals surface area (Å²) in [6.07, 6.45) is 5.76. The molecule has 0 heterocycles. The zero-order valence-electron chi connectivity index (χ0n) is 24.6. The van der Waals surface area contributed by atoms with Crippen molar-refractivity contribution in [2.24, 2.45) is 10.2 Å². The summed E-state index contributed by atoms with van der Waals surface area (Å²) in [5.74, 6) is 0.940. The standard InChI is InChI=1S/C35H34Br2N4O4/c36-30-16-18-32(44-24-26-10-4-1-5-11-26)28(20-30)22-38-40-34(42)14-8-3-9-15-35(43)41-39-23-29-21-31(37)17-19-33(29)45-25-27-12-6-2-7-13-27/h1-2,4-7,10-13,16-23H,3,8-9,14-15,24-25H2,(H,40,42)(H,41,43). The van der Waals surface area contributed by atoms with Crippen LogP contribution >= 0.6 is 31.9 Å². The molecule has 0 fully saturated rings. The number of hydrazone groups is 2. The van der Waals surface area contributed by atoms with Crippen molar-refractivity contribution in [2.45, 2.75) is 45.3 Å². The lowest BCUT2D eigenvalue weighted by molar-refractivity contribution is -0.121. The summed E-state index contributed by atoms with van der Waals surface area (Å²) in [4.78, 5) is 24.5. The van der Waals surface area contributed by atoms with E-state index < -0.39 is 0 Å². The predicted molar refractivity (Wildman–Crippen MR) is 184 cm³/mol. The van der Waals surface area contributed by atoms with Gasteiger partial charge in [0.15, 0.2) is 0 Å². The minimum atomic E-state index is -0.193. The number of ether oxygens (including phenoxy) is 2. The number of halogens is 2. The van der Waals surface area contributed by atoms with E-state index in [1.54, 1.807) is 12.4 Å². The maximum Gasteiger partial charge on any atom is 0.240 e. The molecule has 4 rings (SSSR count). The number of nitrogens with one attached hydrogen (secondary N) is 2. The smallest absolute Gasteiger partial charge is 0.240 e. The van der Waals surface area contributed by atoms with Crippen LogP contribution in [-0.2, 0) is 22.8 Å². The van der Waals surface area contributed by atoms with Crippen LogP contribution in [0.2, 0.25) is 0 Å². The van der Waals surface area contributed by atoms with E-state index in [1.807, 2.05) is 97.1 Å². The van der Waals surface area contributed by atoms with Gasteiger partial charge in [-0.2, -0.15) is 10.2 Å². The van der Waals surface area contributed by atoms with Crippen LogP contribution in [0.4, 0.5) is 0 Å². The van der Waals surface area contributed by atoms with E-state index in [0.29, 0.717) is 50.4 Å². The normalized spacial score (nSPS) is 11.1. The minimum Gasteiger partial charge on any atom is -0.488 e. The molecule has 0 aliphatic heterocycles. The Morgan fingerprint density at radius 3 is 1.44 bits per heavy atom. The number of carbonyl (C=O) groups excluding carboxylic acids is 2. The molecular weight excluding hydrogens is 700 g/mol. The highest BCUT2D eigenvalue weighted by molar-refractivity contribution is 9.10. The molecule has 0 aliphatic carbocycles. The van der Waals surface area contributed by atoms with Crippen LogP contribution in [0.25, 0.3) is 0 Å². The van der Waals surface area contributed by atoms with Crippen LogP contribution in [0.3, 0.4) is 0 Å². The summed E-state index contributed by atoms with van der Waals surface area (Å²) in [6.45, 7) is 0.853. The second-order valence-electron chi connectivity index (χ2n) is 10.1. The van der Waals surface area contributed by atoms with Gasteiger partial charge in [-0.1, -0.05) is 98.9 Å². The highest BCUT2D eigenvalue weighted by Gasteiger charge is 2.07. The molecule has 45 heavy (non-hydrogen) atoms. The third-order valence-corrected chi connectivity index (χ3v) is 7.50. The lowest BCUT2D eigenvalue weighted by Crippen LogP contribution is -2.18. The molecular formula is C35H34Br2N4O4. The van der Waals surface area contributed by atoms with Crippen molar-refractivity contribution in [3.63, 3.8) is 0 Å². The Labute approximate surface area is 280 Å². The Bertz CT molecular complexity index is 1480. The van der Waals surface area contributed by atoms with Crippen LogP contribution < -0.4 is 20.3 Å². The summed E-state index contributed by atoms with van der Waals surface area (Å²) in [5, 5.41) is 8.21. The van der Waals surface area contributed by atoms with E-state index in [2.05, 4.69) is 52.9 Å². The molecule has 0 spiro atoms. The zero-order valence-corrected chi connectivity index (χ0v) is 27.8. The Hall–Kier alpha value is -4.28. The third-order valence-electron chi connectivity index (χ3n) is 6.51. The molecule has 4 aromatic carbocycles. The first-order valence-electron chi connectivity index (χ1n) is 14.5. The topological polar surface area (TPSA) is 101 Å². The number of hydrogen-bond donors (Lipinski definition) is 2. The maximum absolute atomic E-state index is 12.3. The van der Waals surface area contributed by atoms with Gasteiger partial charge in [-0.05, 0) is 60.4 Å². The quantitative estimate of drug-likeness (QED) is 0.0694. The van der Waals surface area contributed by atoms with Gasteiger partial charge in [0.25, 0.3) is 0 Å². The fourth-order valence-electron chi connectivity index (χ4n) is 4.18. The van der Waals surface area contributed by atoms with E-state index >= 15 is 0 Å². The lowest BCUT2D eigenvalue weighted by atomic mass is 10.1. The second-order valence-corrected chi connectivity index (χ2v) is 11.9. The first kappa shape index (κ1) is 33.6. The fourth-order valence-corrected chi connectivity index (χ4v) is 4.94. The monoisotopic (exact) mass is 732 g/mol. The molecule has 10 heteroatoms. The highest BCUT2D eigenvalue weighted by Crippen LogP contribution is 2.24. The van der Waals surface area contributed by atoms with Gasteiger partial charge in [-0.25, -0.2) is 10.9 Å². The predicted octanol–water partition coefficient (Wildman–Crippen LogP) is 7.92. The Balaban J connectivity index is 1.13. The largest absolute Gasteiger partial charge is 0.488 e. The summed E-state index contributed by atoms with van der Waals surface area (Å²) >= 11 is 6.94. The van der Waals surface area contributed by atoms with Crippen molar-refractivity contribution in [3.05, 3.63) is 128 Å².